The number of pyridine rings is 1. The molecule has 2 rings (SSSR count). The van der Waals surface area contributed by atoms with E-state index in [4.69, 9.17) is 10.8 Å². The summed E-state index contributed by atoms with van der Waals surface area (Å²) in [4.78, 5) is 1.75. The summed E-state index contributed by atoms with van der Waals surface area (Å²) in [5.41, 5.74) is -0.619. The van der Waals surface area contributed by atoms with Crippen LogP contribution in [0.15, 0.2) is 18.3 Å². The average molecular weight is 252 g/mol. The molecule has 3 N–H and O–H groups in total. The lowest BCUT2D eigenvalue weighted by molar-refractivity contribution is 0.00910. The number of piperidine rings is 1. The van der Waals surface area contributed by atoms with Crippen LogP contribution in [0.3, 0.4) is 0 Å². The first-order chi connectivity index (χ1) is 8.39. The number of aliphatic hydroxyl groups is 1. The van der Waals surface area contributed by atoms with Gasteiger partial charge >= 0.3 is 0 Å². The third kappa shape index (κ3) is 2.59. The summed E-state index contributed by atoms with van der Waals surface area (Å²) in [6, 6.07) is 2.52. The molecule has 5 nitrogen and oxygen atoms in total. The Morgan fingerprint density at radius 2 is 2.00 bits per heavy atom. The van der Waals surface area contributed by atoms with Crippen LogP contribution < -0.4 is 5.49 Å². The van der Waals surface area contributed by atoms with Gasteiger partial charge in [0, 0.05) is 19.3 Å². The number of aromatic nitrogens is 1. The molecular formula is C12H17FN4O. The molecule has 0 spiro atoms. The SMILES string of the molecule is CC1(O)CCN(C(=N)n2cc(F)ccc2=N)CC1. The third-order valence-electron chi connectivity index (χ3n) is 3.28. The van der Waals surface area contributed by atoms with E-state index < -0.39 is 11.4 Å². The molecule has 1 aliphatic heterocycles. The van der Waals surface area contributed by atoms with E-state index in [1.807, 2.05) is 0 Å². The molecule has 18 heavy (non-hydrogen) atoms. The minimum atomic E-state index is -0.687. The molecule has 1 aromatic rings. The van der Waals surface area contributed by atoms with E-state index in [9.17, 15) is 9.50 Å². The van der Waals surface area contributed by atoms with E-state index in [1.54, 1.807) is 11.8 Å². The maximum absolute atomic E-state index is 13.1. The van der Waals surface area contributed by atoms with E-state index in [-0.39, 0.29) is 11.4 Å². The lowest BCUT2D eigenvalue weighted by atomic mass is 9.94. The fraction of sp³-hybridized carbons (Fsp3) is 0.500. The average Bonchev–Trinajstić information content (AvgIpc) is 2.31. The first-order valence-electron chi connectivity index (χ1n) is 5.88. The Balaban J connectivity index is 2.18. The summed E-state index contributed by atoms with van der Waals surface area (Å²) in [7, 11) is 0. The van der Waals surface area contributed by atoms with Crippen LogP contribution in [0.5, 0.6) is 0 Å². The molecule has 6 heteroatoms. The van der Waals surface area contributed by atoms with E-state index in [1.165, 1.54) is 16.7 Å². The van der Waals surface area contributed by atoms with Crippen molar-refractivity contribution in [3.8, 4) is 0 Å². The fourth-order valence-electron chi connectivity index (χ4n) is 2.00. The molecule has 0 radical (unpaired) electrons. The molecule has 98 valence electrons. The molecule has 2 heterocycles. The van der Waals surface area contributed by atoms with E-state index in [0.717, 1.165) is 6.20 Å². The normalized spacial score (nSPS) is 18.7. The van der Waals surface area contributed by atoms with Gasteiger partial charge in [-0.15, -0.1) is 0 Å². The van der Waals surface area contributed by atoms with E-state index in [0.29, 0.717) is 25.9 Å². The highest BCUT2D eigenvalue weighted by molar-refractivity contribution is 5.79. The van der Waals surface area contributed by atoms with Crippen molar-refractivity contribution in [3.63, 3.8) is 0 Å². The highest BCUT2D eigenvalue weighted by atomic mass is 19.1. The first kappa shape index (κ1) is 12.8. The standard InChI is InChI=1S/C12H17FN4O/c1-12(18)4-6-16(7-5-12)11(15)17-8-9(13)2-3-10(17)14/h2-3,8,14-15,18H,4-7H2,1H3. The molecule has 0 aromatic carbocycles. The second-order valence-corrected chi connectivity index (χ2v) is 4.91. The Labute approximate surface area is 105 Å². The van der Waals surface area contributed by atoms with Crippen LogP contribution in [-0.2, 0) is 0 Å². The van der Waals surface area contributed by atoms with Gasteiger partial charge in [0.05, 0.1) is 5.60 Å². The molecular weight excluding hydrogens is 235 g/mol. The molecule has 0 atom stereocenters. The Kier molecular flexibility index (Phi) is 3.21. The zero-order chi connectivity index (χ0) is 13.3. The summed E-state index contributed by atoms with van der Waals surface area (Å²) in [5.74, 6) is -0.394. The molecule has 1 aliphatic rings. The van der Waals surface area contributed by atoms with Crippen molar-refractivity contribution in [1.82, 2.24) is 9.47 Å². The van der Waals surface area contributed by atoms with Gasteiger partial charge in [-0.2, -0.15) is 0 Å². The predicted octanol–water partition coefficient (Wildman–Crippen LogP) is 0.736. The van der Waals surface area contributed by atoms with Crippen LogP contribution in [0.4, 0.5) is 4.39 Å². The van der Waals surface area contributed by atoms with Gasteiger partial charge in [0.25, 0.3) is 0 Å². The molecule has 0 aliphatic carbocycles. The molecule has 0 amide bonds. The number of rotatable bonds is 0. The number of nitrogens with one attached hydrogen (secondary N) is 2. The Bertz CT molecular complexity index is 513. The summed E-state index contributed by atoms with van der Waals surface area (Å²) in [6.45, 7) is 2.85. The van der Waals surface area contributed by atoms with Crippen molar-refractivity contribution in [2.24, 2.45) is 0 Å². The smallest absolute Gasteiger partial charge is 0.203 e. The number of likely N-dealkylation sites (tertiary alicyclic amines) is 1. The van der Waals surface area contributed by atoms with Crippen LogP contribution in [0.1, 0.15) is 19.8 Å². The maximum atomic E-state index is 13.1. The van der Waals surface area contributed by atoms with Gasteiger partial charge < -0.3 is 10.0 Å². The molecule has 1 aromatic heterocycles. The van der Waals surface area contributed by atoms with Gasteiger partial charge in [0.1, 0.15) is 11.3 Å². The van der Waals surface area contributed by atoms with Gasteiger partial charge in [-0.05, 0) is 31.9 Å². The number of nitrogens with zero attached hydrogens (tertiary/aromatic N) is 2. The van der Waals surface area contributed by atoms with Gasteiger partial charge in [-0.1, -0.05) is 0 Å². The number of hydrogen-bond donors (Lipinski definition) is 3. The molecule has 1 saturated heterocycles. The van der Waals surface area contributed by atoms with Crippen molar-refractivity contribution >= 4 is 5.96 Å². The van der Waals surface area contributed by atoms with Crippen molar-refractivity contribution in [3.05, 3.63) is 29.6 Å². The minimum Gasteiger partial charge on any atom is -0.390 e. The molecule has 0 saturated carbocycles. The Morgan fingerprint density at radius 3 is 2.61 bits per heavy atom. The summed E-state index contributed by atoms with van der Waals surface area (Å²) >= 11 is 0. The van der Waals surface area contributed by atoms with E-state index in [2.05, 4.69) is 0 Å². The predicted molar refractivity (Wildman–Crippen MR) is 64.8 cm³/mol. The summed E-state index contributed by atoms with van der Waals surface area (Å²) in [5, 5.41) is 25.5. The quantitative estimate of drug-likeness (QED) is 0.470. The minimum absolute atomic E-state index is 0.0683. The van der Waals surface area contributed by atoms with Crippen LogP contribution in [-0.4, -0.2) is 39.2 Å². The fourth-order valence-corrected chi connectivity index (χ4v) is 2.00. The Hall–Kier alpha value is -1.69. The zero-order valence-electron chi connectivity index (χ0n) is 10.3. The second kappa shape index (κ2) is 4.53. The van der Waals surface area contributed by atoms with Gasteiger partial charge in [0.2, 0.25) is 5.96 Å². The summed E-state index contributed by atoms with van der Waals surface area (Å²) in [6.07, 6.45) is 2.27. The van der Waals surface area contributed by atoms with Crippen LogP contribution >= 0.6 is 0 Å². The second-order valence-electron chi connectivity index (χ2n) is 4.91. The van der Waals surface area contributed by atoms with Gasteiger partial charge in [-0.25, -0.2) is 4.39 Å². The third-order valence-corrected chi connectivity index (χ3v) is 3.28. The van der Waals surface area contributed by atoms with Crippen molar-refractivity contribution in [2.75, 3.05) is 13.1 Å². The van der Waals surface area contributed by atoms with Crippen LogP contribution in [0.25, 0.3) is 0 Å². The summed E-state index contributed by atoms with van der Waals surface area (Å²) < 4.78 is 14.3. The van der Waals surface area contributed by atoms with Crippen molar-refractivity contribution < 1.29 is 9.50 Å². The Morgan fingerprint density at radius 1 is 1.39 bits per heavy atom. The monoisotopic (exact) mass is 252 g/mol. The van der Waals surface area contributed by atoms with Crippen LogP contribution in [0, 0.1) is 16.6 Å². The lowest BCUT2D eigenvalue weighted by Gasteiger charge is -2.37. The first-order valence-corrected chi connectivity index (χ1v) is 5.88. The van der Waals surface area contributed by atoms with Gasteiger partial charge in [0.15, 0.2) is 0 Å². The van der Waals surface area contributed by atoms with Crippen LogP contribution in [0.2, 0.25) is 0 Å². The number of halogens is 1. The van der Waals surface area contributed by atoms with Gasteiger partial charge in [-0.3, -0.25) is 15.4 Å². The highest BCUT2D eigenvalue weighted by Crippen LogP contribution is 2.21. The van der Waals surface area contributed by atoms with Crippen molar-refractivity contribution in [1.29, 1.82) is 10.8 Å². The largest absolute Gasteiger partial charge is 0.390 e. The maximum Gasteiger partial charge on any atom is 0.203 e. The number of hydrogen-bond acceptors (Lipinski definition) is 3. The molecule has 0 bridgehead atoms. The molecule has 0 unspecified atom stereocenters. The molecule has 1 fully saturated rings. The van der Waals surface area contributed by atoms with E-state index >= 15 is 0 Å². The lowest BCUT2D eigenvalue weighted by Crippen LogP contribution is -2.48. The topological polar surface area (TPSA) is 76.1 Å². The highest BCUT2D eigenvalue weighted by Gasteiger charge is 2.28. The van der Waals surface area contributed by atoms with Crippen molar-refractivity contribution in [2.45, 2.75) is 25.4 Å². The zero-order valence-corrected chi connectivity index (χ0v) is 10.3.